The Balaban J connectivity index is 1.41. The number of aliphatic imine (C=N–C) groups is 1. The van der Waals surface area contributed by atoms with Crippen molar-refractivity contribution in [2.75, 3.05) is 36.4 Å². The van der Waals surface area contributed by atoms with Gasteiger partial charge in [-0.05, 0) is 48.4 Å². The van der Waals surface area contributed by atoms with E-state index in [1.54, 1.807) is 36.6 Å². The van der Waals surface area contributed by atoms with E-state index in [0.29, 0.717) is 17.1 Å². The molecule has 2 aromatic rings. The standard InChI is InChI=1S/C26H25ClFN5O2/c27-19-4-2-13-32(16-19)26(35)30-23-6-1-5-21(28)25(23)33(17-34)20-9-7-18(8-10-20)24(22-11-12-29-22)31-14-3-15-31/h1-2,4-10,13,17,24H,3,11-12,14-16H2,(H,30,35). The minimum Gasteiger partial charge on any atom is -0.305 e. The molecule has 7 nitrogen and oxygen atoms in total. The predicted octanol–water partition coefficient (Wildman–Crippen LogP) is 5.20. The lowest BCUT2D eigenvalue weighted by molar-refractivity contribution is -0.106. The molecule has 0 radical (unpaired) electrons. The number of hydrogen-bond acceptors (Lipinski definition) is 4. The topological polar surface area (TPSA) is 68.2 Å². The quantitative estimate of drug-likeness (QED) is 0.539. The third-order valence-electron chi connectivity index (χ3n) is 6.44. The number of urea groups is 1. The van der Waals surface area contributed by atoms with E-state index in [0.717, 1.165) is 31.6 Å². The Labute approximate surface area is 208 Å². The van der Waals surface area contributed by atoms with Gasteiger partial charge in [-0.2, -0.15) is 0 Å². The number of likely N-dealkylation sites (tertiary alicyclic amines) is 1. The highest BCUT2D eigenvalue weighted by atomic mass is 35.5. The van der Waals surface area contributed by atoms with Crippen LogP contribution in [0, 0.1) is 5.82 Å². The molecule has 2 aromatic carbocycles. The summed E-state index contributed by atoms with van der Waals surface area (Å²) in [7, 11) is 0. The highest BCUT2D eigenvalue weighted by molar-refractivity contribution is 6.30. The predicted molar refractivity (Wildman–Crippen MR) is 136 cm³/mol. The van der Waals surface area contributed by atoms with Gasteiger partial charge >= 0.3 is 6.03 Å². The fraction of sp³-hybridized carbons (Fsp3) is 0.269. The number of halogens is 2. The molecule has 0 aromatic heterocycles. The fourth-order valence-corrected chi connectivity index (χ4v) is 4.65. The SMILES string of the molecule is O=CN(c1ccc(C(C2=NCC2)N2CCC2)cc1)c1c(F)cccc1NC(=O)N1C=CC=C(Cl)C1. The second kappa shape index (κ2) is 10.0. The summed E-state index contributed by atoms with van der Waals surface area (Å²) in [6.07, 6.45) is 7.65. The summed E-state index contributed by atoms with van der Waals surface area (Å²) < 4.78 is 15.0. The molecule has 1 unspecified atom stereocenters. The Morgan fingerprint density at radius 1 is 1.20 bits per heavy atom. The minimum atomic E-state index is -0.631. The van der Waals surface area contributed by atoms with Crippen molar-refractivity contribution in [2.45, 2.75) is 18.9 Å². The van der Waals surface area contributed by atoms with Crippen molar-refractivity contribution in [3.63, 3.8) is 0 Å². The summed E-state index contributed by atoms with van der Waals surface area (Å²) in [6, 6.07) is 11.5. The largest absolute Gasteiger partial charge is 0.326 e. The maximum Gasteiger partial charge on any atom is 0.326 e. The van der Waals surface area contributed by atoms with Gasteiger partial charge in [0.05, 0.1) is 18.3 Å². The van der Waals surface area contributed by atoms with Crippen molar-refractivity contribution in [1.29, 1.82) is 0 Å². The van der Waals surface area contributed by atoms with Crippen LogP contribution in [0.25, 0.3) is 0 Å². The van der Waals surface area contributed by atoms with E-state index in [-0.39, 0.29) is 24.0 Å². The summed E-state index contributed by atoms with van der Waals surface area (Å²) in [6.45, 7) is 3.15. The van der Waals surface area contributed by atoms with Gasteiger partial charge in [0.2, 0.25) is 6.41 Å². The summed E-state index contributed by atoms with van der Waals surface area (Å²) >= 11 is 6.03. The number of nitrogens with one attached hydrogen (secondary N) is 1. The molecule has 3 amide bonds. The molecule has 1 N–H and O–H groups in total. The number of amides is 3. The van der Waals surface area contributed by atoms with E-state index in [1.165, 1.54) is 34.1 Å². The van der Waals surface area contributed by atoms with Gasteiger partial charge in [-0.1, -0.05) is 29.8 Å². The van der Waals surface area contributed by atoms with Crippen molar-refractivity contribution in [1.82, 2.24) is 9.80 Å². The molecule has 3 heterocycles. The average molecular weight is 494 g/mol. The lowest BCUT2D eigenvalue weighted by atomic mass is 9.92. The summed E-state index contributed by atoms with van der Waals surface area (Å²) in [5.41, 5.74) is 2.92. The van der Waals surface area contributed by atoms with Crippen LogP contribution in [0.15, 0.2) is 70.8 Å². The van der Waals surface area contributed by atoms with Crippen molar-refractivity contribution in [3.8, 4) is 0 Å². The molecule has 9 heteroatoms. The van der Waals surface area contributed by atoms with Crippen molar-refractivity contribution in [3.05, 3.63) is 77.2 Å². The van der Waals surface area contributed by atoms with Gasteiger partial charge < -0.3 is 5.32 Å². The van der Waals surface area contributed by atoms with Gasteiger partial charge in [-0.15, -0.1) is 0 Å². The maximum atomic E-state index is 15.0. The van der Waals surface area contributed by atoms with Crippen molar-refractivity contribution in [2.24, 2.45) is 4.99 Å². The van der Waals surface area contributed by atoms with Crippen LogP contribution in [0.1, 0.15) is 24.4 Å². The number of rotatable bonds is 7. The molecule has 1 fully saturated rings. The van der Waals surface area contributed by atoms with Crippen molar-refractivity contribution >= 4 is 46.8 Å². The second-order valence-electron chi connectivity index (χ2n) is 8.63. The number of carbonyl (C=O) groups is 2. The molecule has 0 aliphatic carbocycles. The first-order chi connectivity index (χ1) is 17.0. The molecule has 3 aliphatic heterocycles. The van der Waals surface area contributed by atoms with Crippen LogP contribution in [-0.2, 0) is 4.79 Å². The molecule has 1 atom stereocenters. The number of hydrogen-bond donors (Lipinski definition) is 1. The first-order valence-corrected chi connectivity index (χ1v) is 11.9. The molecule has 5 rings (SSSR count). The normalized spacial score (nSPS) is 18.1. The van der Waals surface area contributed by atoms with E-state index in [2.05, 4.69) is 15.2 Å². The van der Waals surface area contributed by atoms with Gasteiger partial charge in [0.1, 0.15) is 11.5 Å². The summed E-state index contributed by atoms with van der Waals surface area (Å²) in [5.74, 6) is -0.631. The lowest BCUT2D eigenvalue weighted by Crippen LogP contribution is -2.45. The van der Waals surface area contributed by atoms with Gasteiger partial charge in [-0.3, -0.25) is 24.5 Å². The zero-order valence-corrected chi connectivity index (χ0v) is 19.8. The second-order valence-corrected chi connectivity index (χ2v) is 9.12. The van der Waals surface area contributed by atoms with Crippen LogP contribution >= 0.6 is 11.6 Å². The molecular formula is C26H25ClFN5O2. The van der Waals surface area contributed by atoms with Crippen LogP contribution in [0.3, 0.4) is 0 Å². The van der Waals surface area contributed by atoms with Gasteiger partial charge in [0.25, 0.3) is 0 Å². The number of allylic oxidation sites excluding steroid dienone is 2. The van der Waals surface area contributed by atoms with E-state index in [1.807, 2.05) is 12.1 Å². The van der Waals surface area contributed by atoms with Gasteiger partial charge in [-0.25, -0.2) is 9.18 Å². The summed E-state index contributed by atoms with van der Waals surface area (Å²) in [5, 5.41) is 3.20. The molecule has 0 spiro atoms. The zero-order chi connectivity index (χ0) is 24.4. The molecule has 35 heavy (non-hydrogen) atoms. The Hall–Kier alpha value is -3.49. The average Bonchev–Trinajstić information content (AvgIpc) is 2.79. The molecular weight excluding hydrogens is 469 g/mol. The number of carbonyl (C=O) groups excluding carboxylic acids is 2. The molecule has 1 saturated heterocycles. The van der Waals surface area contributed by atoms with E-state index in [4.69, 9.17) is 11.6 Å². The Kier molecular flexibility index (Phi) is 6.66. The minimum absolute atomic E-state index is 0.0334. The van der Waals surface area contributed by atoms with Gasteiger partial charge in [0, 0.05) is 48.7 Å². The highest BCUT2D eigenvalue weighted by Crippen LogP contribution is 2.36. The van der Waals surface area contributed by atoms with Gasteiger partial charge in [0.15, 0.2) is 0 Å². The van der Waals surface area contributed by atoms with Crippen LogP contribution in [0.5, 0.6) is 0 Å². The lowest BCUT2D eigenvalue weighted by Gasteiger charge is -2.41. The van der Waals surface area contributed by atoms with Crippen LogP contribution in [-0.4, -0.2) is 54.1 Å². The Bertz CT molecular complexity index is 1220. The number of nitrogens with zero attached hydrogens (tertiary/aromatic N) is 4. The van der Waals surface area contributed by atoms with E-state index in [9.17, 15) is 9.59 Å². The van der Waals surface area contributed by atoms with E-state index < -0.39 is 11.8 Å². The zero-order valence-electron chi connectivity index (χ0n) is 19.0. The Morgan fingerprint density at radius 2 is 1.97 bits per heavy atom. The third kappa shape index (κ3) is 4.72. The third-order valence-corrected chi connectivity index (χ3v) is 6.69. The monoisotopic (exact) mass is 493 g/mol. The maximum absolute atomic E-state index is 15.0. The van der Waals surface area contributed by atoms with Crippen molar-refractivity contribution < 1.29 is 14.0 Å². The van der Waals surface area contributed by atoms with Crippen LogP contribution in [0.4, 0.5) is 26.2 Å². The van der Waals surface area contributed by atoms with Crippen LogP contribution < -0.4 is 10.2 Å². The number of benzene rings is 2. The fourth-order valence-electron chi connectivity index (χ4n) is 4.44. The number of para-hydroxylation sites is 1. The molecule has 3 aliphatic rings. The molecule has 0 bridgehead atoms. The molecule has 0 saturated carbocycles. The highest BCUT2D eigenvalue weighted by Gasteiger charge is 2.31. The molecule has 180 valence electrons. The first kappa shape index (κ1) is 23.3. The summed E-state index contributed by atoms with van der Waals surface area (Å²) in [4.78, 5) is 34.5. The Morgan fingerprint density at radius 3 is 2.57 bits per heavy atom. The smallest absolute Gasteiger partial charge is 0.305 e. The van der Waals surface area contributed by atoms with Crippen LogP contribution in [0.2, 0.25) is 0 Å². The first-order valence-electron chi connectivity index (χ1n) is 11.6. The van der Waals surface area contributed by atoms with E-state index >= 15 is 4.39 Å². The number of anilines is 3.